The maximum absolute atomic E-state index is 13.4. The third kappa shape index (κ3) is 6.47. The minimum atomic E-state index is -3.57. The molecule has 0 saturated heterocycles. The summed E-state index contributed by atoms with van der Waals surface area (Å²) in [6.45, 7) is 0.389. The molecule has 25 heavy (non-hydrogen) atoms. The van der Waals surface area contributed by atoms with Gasteiger partial charge in [-0.3, -0.25) is 9.52 Å². The van der Waals surface area contributed by atoms with Crippen LogP contribution in [0.4, 0.5) is 10.1 Å². The van der Waals surface area contributed by atoms with Gasteiger partial charge in [0.25, 0.3) is 5.91 Å². The standard InChI is InChI=1S/C17H18BrFN2O3S/c1-25(23,24)21-16-8-7-14(19)11-15(16)17(22)20-9-3-5-12-4-2-6-13(18)10-12/h2,4,6-8,10-11,21H,3,5,9H2,1H3,(H,20,22). The first-order valence-electron chi connectivity index (χ1n) is 7.54. The van der Waals surface area contributed by atoms with Gasteiger partial charge in [-0.1, -0.05) is 28.1 Å². The van der Waals surface area contributed by atoms with E-state index >= 15 is 0 Å². The van der Waals surface area contributed by atoms with Gasteiger partial charge in [-0.25, -0.2) is 12.8 Å². The molecule has 1 amide bonds. The number of sulfonamides is 1. The smallest absolute Gasteiger partial charge is 0.253 e. The molecule has 2 aromatic carbocycles. The Hall–Kier alpha value is -1.93. The first-order valence-corrected chi connectivity index (χ1v) is 10.2. The summed E-state index contributed by atoms with van der Waals surface area (Å²) in [6, 6.07) is 11.2. The van der Waals surface area contributed by atoms with Crippen molar-refractivity contribution < 1.29 is 17.6 Å². The van der Waals surface area contributed by atoms with Crippen LogP contribution in [0.3, 0.4) is 0 Å². The van der Waals surface area contributed by atoms with Crippen molar-refractivity contribution in [1.29, 1.82) is 0 Å². The number of benzene rings is 2. The van der Waals surface area contributed by atoms with Crippen molar-refractivity contribution in [1.82, 2.24) is 5.32 Å². The Morgan fingerprint density at radius 2 is 1.96 bits per heavy atom. The fourth-order valence-electron chi connectivity index (χ4n) is 2.28. The monoisotopic (exact) mass is 428 g/mol. The van der Waals surface area contributed by atoms with E-state index in [4.69, 9.17) is 0 Å². The average Bonchev–Trinajstić information content (AvgIpc) is 2.52. The van der Waals surface area contributed by atoms with Crippen molar-refractivity contribution in [3.05, 3.63) is 63.9 Å². The van der Waals surface area contributed by atoms with Crippen LogP contribution in [0.1, 0.15) is 22.3 Å². The van der Waals surface area contributed by atoms with Gasteiger partial charge in [0.1, 0.15) is 5.82 Å². The number of rotatable bonds is 7. The fraction of sp³-hybridized carbons (Fsp3) is 0.235. The number of anilines is 1. The highest BCUT2D eigenvalue weighted by Crippen LogP contribution is 2.18. The molecule has 2 aromatic rings. The van der Waals surface area contributed by atoms with E-state index in [-0.39, 0.29) is 11.3 Å². The molecule has 0 fully saturated rings. The molecule has 0 aromatic heterocycles. The Bertz CT molecular complexity index is 872. The summed E-state index contributed by atoms with van der Waals surface area (Å²) in [5, 5.41) is 2.69. The lowest BCUT2D eigenvalue weighted by Gasteiger charge is -2.11. The molecule has 0 saturated carbocycles. The number of hydrogen-bond donors (Lipinski definition) is 2. The van der Waals surface area contributed by atoms with Crippen LogP contribution in [0.2, 0.25) is 0 Å². The van der Waals surface area contributed by atoms with E-state index < -0.39 is 21.7 Å². The van der Waals surface area contributed by atoms with Gasteiger partial charge in [0.15, 0.2) is 0 Å². The van der Waals surface area contributed by atoms with E-state index in [1.54, 1.807) is 0 Å². The van der Waals surface area contributed by atoms with Crippen LogP contribution in [0, 0.1) is 5.82 Å². The molecule has 0 radical (unpaired) electrons. The average molecular weight is 429 g/mol. The first-order chi connectivity index (χ1) is 11.7. The summed E-state index contributed by atoms with van der Waals surface area (Å²) < 4.78 is 39.4. The predicted molar refractivity (Wildman–Crippen MR) is 99.7 cm³/mol. The van der Waals surface area contributed by atoms with Crippen LogP contribution in [0.5, 0.6) is 0 Å². The molecule has 2 N–H and O–H groups in total. The van der Waals surface area contributed by atoms with Gasteiger partial charge in [0, 0.05) is 11.0 Å². The van der Waals surface area contributed by atoms with Gasteiger partial charge in [0.2, 0.25) is 10.0 Å². The van der Waals surface area contributed by atoms with Crippen molar-refractivity contribution in [2.45, 2.75) is 12.8 Å². The number of nitrogens with one attached hydrogen (secondary N) is 2. The SMILES string of the molecule is CS(=O)(=O)Nc1ccc(F)cc1C(=O)NCCCc1cccc(Br)c1. The molecule has 0 unspecified atom stereocenters. The Morgan fingerprint density at radius 1 is 1.20 bits per heavy atom. The molecule has 0 bridgehead atoms. The van der Waals surface area contributed by atoms with Crippen LogP contribution in [0.15, 0.2) is 46.9 Å². The van der Waals surface area contributed by atoms with Crippen molar-refractivity contribution >= 4 is 37.5 Å². The maximum Gasteiger partial charge on any atom is 0.253 e. The second kappa shape index (κ2) is 8.44. The molecule has 8 heteroatoms. The van der Waals surface area contributed by atoms with Crippen molar-refractivity contribution in [3.8, 4) is 0 Å². The number of carbonyl (C=O) groups is 1. The molecular formula is C17H18BrFN2O3S. The molecule has 0 spiro atoms. The molecule has 2 rings (SSSR count). The highest BCUT2D eigenvalue weighted by molar-refractivity contribution is 9.10. The summed E-state index contributed by atoms with van der Waals surface area (Å²) in [6.07, 6.45) is 2.44. The van der Waals surface area contributed by atoms with Crippen molar-refractivity contribution in [2.75, 3.05) is 17.5 Å². The first kappa shape index (κ1) is 19.4. The lowest BCUT2D eigenvalue weighted by atomic mass is 10.1. The molecule has 0 atom stereocenters. The van der Waals surface area contributed by atoms with E-state index in [0.717, 1.165) is 34.8 Å². The summed E-state index contributed by atoms with van der Waals surface area (Å²) in [4.78, 5) is 12.2. The van der Waals surface area contributed by atoms with E-state index in [2.05, 4.69) is 26.0 Å². The highest BCUT2D eigenvalue weighted by Gasteiger charge is 2.15. The quantitative estimate of drug-likeness (QED) is 0.664. The number of carbonyl (C=O) groups excluding carboxylic acids is 1. The fourth-order valence-corrected chi connectivity index (χ4v) is 3.30. The topological polar surface area (TPSA) is 75.3 Å². The Labute approximate surface area is 154 Å². The highest BCUT2D eigenvalue weighted by atomic mass is 79.9. The summed E-state index contributed by atoms with van der Waals surface area (Å²) >= 11 is 3.40. The zero-order valence-electron chi connectivity index (χ0n) is 13.6. The van der Waals surface area contributed by atoms with Gasteiger partial charge in [0.05, 0.1) is 17.5 Å². The van der Waals surface area contributed by atoms with Crippen molar-refractivity contribution in [2.24, 2.45) is 0 Å². The zero-order valence-corrected chi connectivity index (χ0v) is 16.0. The third-order valence-corrected chi connectivity index (χ3v) is 4.42. The van der Waals surface area contributed by atoms with Gasteiger partial charge in [-0.15, -0.1) is 0 Å². The zero-order chi connectivity index (χ0) is 18.4. The van der Waals surface area contributed by atoms with E-state index in [1.807, 2.05) is 24.3 Å². The van der Waals surface area contributed by atoms with Gasteiger partial charge >= 0.3 is 0 Å². The molecule has 0 aliphatic rings. The summed E-state index contributed by atoms with van der Waals surface area (Å²) in [5.74, 6) is -1.14. The number of hydrogen-bond acceptors (Lipinski definition) is 3. The number of aryl methyl sites for hydroxylation is 1. The second-order valence-electron chi connectivity index (χ2n) is 5.55. The Balaban J connectivity index is 1.97. The van der Waals surface area contributed by atoms with Crippen LogP contribution >= 0.6 is 15.9 Å². The molecule has 0 heterocycles. The Morgan fingerprint density at radius 3 is 2.64 bits per heavy atom. The molecule has 5 nitrogen and oxygen atoms in total. The number of halogens is 2. The van der Waals surface area contributed by atoms with E-state index in [0.29, 0.717) is 13.0 Å². The number of amides is 1. The van der Waals surface area contributed by atoms with E-state index in [1.165, 1.54) is 6.07 Å². The largest absolute Gasteiger partial charge is 0.352 e. The molecule has 0 aliphatic heterocycles. The minimum Gasteiger partial charge on any atom is -0.352 e. The predicted octanol–water partition coefficient (Wildman–Crippen LogP) is 3.32. The molecular weight excluding hydrogens is 411 g/mol. The normalized spacial score (nSPS) is 11.2. The lowest BCUT2D eigenvalue weighted by molar-refractivity contribution is 0.0953. The third-order valence-electron chi connectivity index (χ3n) is 3.34. The van der Waals surface area contributed by atoms with Crippen LogP contribution in [0.25, 0.3) is 0 Å². The van der Waals surface area contributed by atoms with Gasteiger partial charge in [-0.05, 0) is 48.7 Å². The van der Waals surface area contributed by atoms with Gasteiger partial charge < -0.3 is 5.32 Å². The molecule has 134 valence electrons. The second-order valence-corrected chi connectivity index (χ2v) is 8.22. The maximum atomic E-state index is 13.4. The molecule has 0 aliphatic carbocycles. The Kier molecular flexibility index (Phi) is 6.55. The summed E-state index contributed by atoms with van der Waals surface area (Å²) in [7, 11) is -3.57. The van der Waals surface area contributed by atoms with Gasteiger partial charge in [-0.2, -0.15) is 0 Å². The van der Waals surface area contributed by atoms with E-state index in [9.17, 15) is 17.6 Å². The van der Waals surface area contributed by atoms with Crippen LogP contribution < -0.4 is 10.0 Å². The van der Waals surface area contributed by atoms with Crippen LogP contribution in [-0.4, -0.2) is 27.1 Å². The lowest BCUT2D eigenvalue weighted by Crippen LogP contribution is -2.26. The summed E-state index contributed by atoms with van der Waals surface area (Å²) in [5.41, 5.74) is 1.13. The van der Waals surface area contributed by atoms with Crippen LogP contribution in [-0.2, 0) is 16.4 Å². The van der Waals surface area contributed by atoms with Crippen molar-refractivity contribution in [3.63, 3.8) is 0 Å². The minimum absolute atomic E-state index is 0.0483.